The Balaban J connectivity index is 2.12. The van der Waals surface area contributed by atoms with Crippen molar-refractivity contribution in [2.45, 2.75) is 0 Å². The summed E-state index contributed by atoms with van der Waals surface area (Å²) in [5.41, 5.74) is 0. The molecule has 0 radical (unpaired) electrons. The topological polar surface area (TPSA) is 0 Å². The first-order valence-electron chi connectivity index (χ1n) is 6.61. The maximum atomic E-state index is 2.25. The van der Waals surface area contributed by atoms with E-state index in [1.54, 1.807) is 0 Å². The summed E-state index contributed by atoms with van der Waals surface area (Å²) in [6.07, 6.45) is 0. The zero-order valence-corrected chi connectivity index (χ0v) is 12.6. The predicted octanol–water partition coefficient (Wildman–Crippen LogP) is 6.82. The molecule has 0 aliphatic rings. The quantitative estimate of drug-likeness (QED) is 0.361. The molecule has 0 nitrogen and oxygen atoms in total. The fourth-order valence-corrected chi connectivity index (χ4v) is 4.90. The summed E-state index contributed by atoms with van der Waals surface area (Å²) in [5, 5.41) is 8.31. The first-order valence-corrected chi connectivity index (χ1v) is 8.54. The zero-order chi connectivity index (χ0) is 13.4. The molecule has 2 aromatic heterocycles. The molecular formula is C18H12P2. The van der Waals surface area contributed by atoms with Crippen LogP contribution < -0.4 is 0 Å². The lowest BCUT2D eigenvalue weighted by Gasteiger charge is -2.09. The molecule has 20 heavy (non-hydrogen) atoms. The van der Waals surface area contributed by atoms with E-state index in [9.17, 15) is 0 Å². The lowest BCUT2D eigenvalue weighted by atomic mass is 10.1. The van der Waals surface area contributed by atoms with Crippen LogP contribution in [0.1, 0.15) is 0 Å². The highest BCUT2D eigenvalue weighted by atomic mass is 31.0. The molecule has 94 valence electrons. The minimum atomic E-state index is 1.30. The van der Waals surface area contributed by atoms with E-state index in [4.69, 9.17) is 0 Å². The highest BCUT2D eigenvalue weighted by Gasteiger charge is 2.07. The van der Waals surface area contributed by atoms with Crippen molar-refractivity contribution >= 4 is 37.9 Å². The Bertz CT molecular complexity index is 825. The molecule has 0 amide bonds. The van der Waals surface area contributed by atoms with Crippen molar-refractivity contribution in [2.75, 3.05) is 0 Å². The second-order valence-electron chi connectivity index (χ2n) is 4.76. The monoisotopic (exact) mass is 290 g/mol. The molecule has 2 heteroatoms. The van der Waals surface area contributed by atoms with Crippen LogP contribution >= 0.6 is 16.4 Å². The summed E-state index contributed by atoms with van der Waals surface area (Å²) in [7, 11) is 2.60. The second kappa shape index (κ2) is 4.98. The predicted molar refractivity (Wildman–Crippen MR) is 91.9 cm³/mol. The molecule has 0 unspecified atom stereocenters. The van der Waals surface area contributed by atoms with Gasteiger partial charge in [0.25, 0.3) is 0 Å². The molecular weight excluding hydrogens is 278 g/mol. The second-order valence-corrected chi connectivity index (χ2v) is 6.77. The fourth-order valence-electron chi connectivity index (χ4n) is 2.62. The average Bonchev–Trinajstić information content (AvgIpc) is 2.54. The van der Waals surface area contributed by atoms with Gasteiger partial charge in [-0.05, 0) is 45.3 Å². The van der Waals surface area contributed by atoms with Gasteiger partial charge in [0, 0.05) is 10.6 Å². The molecule has 0 fully saturated rings. The average molecular weight is 290 g/mol. The molecule has 0 atom stereocenters. The van der Waals surface area contributed by atoms with Gasteiger partial charge < -0.3 is 0 Å². The first-order chi connectivity index (χ1) is 9.93. The van der Waals surface area contributed by atoms with Crippen molar-refractivity contribution in [2.24, 2.45) is 0 Å². The Kier molecular flexibility index (Phi) is 3.00. The molecule has 0 saturated heterocycles. The van der Waals surface area contributed by atoms with Crippen LogP contribution in [0.5, 0.6) is 0 Å². The van der Waals surface area contributed by atoms with E-state index in [1.807, 2.05) is 0 Å². The van der Waals surface area contributed by atoms with Crippen LogP contribution in [0.15, 0.2) is 72.3 Å². The maximum Gasteiger partial charge on any atom is 0.0221 e. The summed E-state index contributed by atoms with van der Waals surface area (Å²) in [6, 6.07) is 21.8. The highest BCUT2D eigenvalue weighted by Crippen LogP contribution is 2.43. The van der Waals surface area contributed by atoms with Crippen molar-refractivity contribution < 1.29 is 0 Å². The molecule has 0 aliphatic carbocycles. The third-order valence-electron chi connectivity index (χ3n) is 3.57. The smallest absolute Gasteiger partial charge is 0.0221 e. The molecule has 0 aliphatic heterocycles. The molecule has 0 saturated carbocycles. The molecule has 0 bridgehead atoms. The number of hydrogen-bond donors (Lipinski definition) is 0. The lowest BCUT2D eigenvalue weighted by Crippen LogP contribution is -1.78. The van der Waals surface area contributed by atoms with Crippen molar-refractivity contribution in [1.82, 2.24) is 0 Å². The third-order valence-corrected chi connectivity index (χ3v) is 5.79. The summed E-state index contributed by atoms with van der Waals surface area (Å²) >= 11 is 0. The lowest BCUT2D eigenvalue weighted by molar-refractivity contribution is 1.80. The molecule has 4 rings (SSSR count). The van der Waals surface area contributed by atoms with Gasteiger partial charge in [0.05, 0.1) is 0 Å². The summed E-state index contributed by atoms with van der Waals surface area (Å²) in [6.45, 7) is 0. The van der Waals surface area contributed by atoms with E-state index in [1.165, 1.54) is 48.5 Å². The largest absolute Gasteiger partial charge is 0.0668 e. The Hall–Kier alpha value is -1.74. The summed E-state index contributed by atoms with van der Waals surface area (Å²) < 4.78 is 0. The third kappa shape index (κ3) is 1.93. The zero-order valence-electron chi connectivity index (χ0n) is 10.8. The Labute approximate surface area is 121 Å². The van der Waals surface area contributed by atoms with Crippen LogP contribution in [0.25, 0.3) is 32.1 Å². The van der Waals surface area contributed by atoms with Gasteiger partial charge in [-0.15, -0.1) is 0 Å². The van der Waals surface area contributed by atoms with Gasteiger partial charge in [-0.2, -0.15) is 0 Å². The van der Waals surface area contributed by atoms with Crippen LogP contribution in [0.4, 0.5) is 0 Å². The first kappa shape index (κ1) is 12.0. The van der Waals surface area contributed by atoms with Crippen LogP contribution in [0, 0.1) is 0 Å². The van der Waals surface area contributed by atoms with Crippen LogP contribution in [-0.2, 0) is 0 Å². The van der Waals surface area contributed by atoms with Gasteiger partial charge in [-0.25, -0.2) is 0 Å². The number of rotatable bonds is 1. The maximum absolute atomic E-state index is 2.25. The number of fused-ring (bicyclic) bond motifs is 2. The minimum absolute atomic E-state index is 1.30. The van der Waals surface area contributed by atoms with E-state index in [2.05, 4.69) is 72.3 Å². The summed E-state index contributed by atoms with van der Waals surface area (Å²) in [5.74, 6) is 4.50. The standard InChI is InChI=1S/C18H12P2/c1-3-7-15-13(5-1)9-11-19-17(15)18-16-8-4-2-6-14(16)10-12-20-18/h1-12H. The molecule has 2 aromatic carbocycles. The Morgan fingerprint density at radius 2 is 0.950 bits per heavy atom. The molecule has 4 aromatic rings. The van der Waals surface area contributed by atoms with Crippen molar-refractivity contribution in [3.05, 3.63) is 72.3 Å². The van der Waals surface area contributed by atoms with Crippen molar-refractivity contribution in [1.29, 1.82) is 0 Å². The van der Waals surface area contributed by atoms with E-state index in [0.29, 0.717) is 0 Å². The van der Waals surface area contributed by atoms with Gasteiger partial charge in [0.2, 0.25) is 0 Å². The van der Waals surface area contributed by atoms with Crippen molar-refractivity contribution in [3.63, 3.8) is 0 Å². The number of hydrogen-bond acceptors (Lipinski definition) is 0. The van der Waals surface area contributed by atoms with Gasteiger partial charge in [0.15, 0.2) is 0 Å². The Morgan fingerprint density at radius 1 is 0.500 bits per heavy atom. The SMILES string of the molecule is c1ccc2c(-c3pccc4ccccc34)pccc2c1. The van der Waals surface area contributed by atoms with Crippen LogP contribution in [-0.4, -0.2) is 0 Å². The Morgan fingerprint density at radius 3 is 1.45 bits per heavy atom. The number of benzene rings is 2. The van der Waals surface area contributed by atoms with E-state index in [-0.39, 0.29) is 0 Å². The molecule has 0 spiro atoms. The highest BCUT2D eigenvalue weighted by molar-refractivity contribution is 7.40. The van der Waals surface area contributed by atoms with Gasteiger partial charge in [-0.1, -0.05) is 64.9 Å². The van der Waals surface area contributed by atoms with Crippen LogP contribution in [0.3, 0.4) is 0 Å². The molecule has 2 heterocycles. The fraction of sp³-hybridized carbons (Fsp3) is 0. The van der Waals surface area contributed by atoms with E-state index < -0.39 is 0 Å². The summed E-state index contributed by atoms with van der Waals surface area (Å²) in [4.78, 5) is 0. The van der Waals surface area contributed by atoms with Gasteiger partial charge >= 0.3 is 0 Å². The normalized spacial score (nSPS) is 11.8. The van der Waals surface area contributed by atoms with Crippen LogP contribution in [0.2, 0.25) is 0 Å². The van der Waals surface area contributed by atoms with Gasteiger partial charge in [0.1, 0.15) is 0 Å². The minimum Gasteiger partial charge on any atom is -0.0668 e. The van der Waals surface area contributed by atoms with E-state index in [0.717, 1.165) is 0 Å². The molecule has 0 N–H and O–H groups in total. The van der Waals surface area contributed by atoms with Crippen molar-refractivity contribution in [3.8, 4) is 10.6 Å². The van der Waals surface area contributed by atoms with Gasteiger partial charge in [-0.3, -0.25) is 0 Å². The van der Waals surface area contributed by atoms with E-state index >= 15 is 0 Å².